The fraction of sp³-hybridized carbons (Fsp3) is 0.600. The Morgan fingerprint density at radius 3 is 2.52 bits per heavy atom. The average Bonchev–Trinajstić information content (AvgIpc) is 3.30. The summed E-state index contributed by atoms with van der Waals surface area (Å²) >= 11 is 0. The molecule has 1 aromatic rings. The summed E-state index contributed by atoms with van der Waals surface area (Å²) in [5.74, 6) is 0.505. The molecule has 148 valence electrons. The Bertz CT molecular complexity index is 708. The summed E-state index contributed by atoms with van der Waals surface area (Å²) in [4.78, 5) is 27.2. The van der Waals surface area contributed by atoms with Crippen LogP contribution in [0.1, 0.15) is 55.5 Å². The molecule has 7 nitrogen and oxygen atoms in total. The van der Waals surface area contributed by atoms with Crippen LogP contribution < -0.4 is 15.6 Å². The van der Waals surface area contributed by atoms with Crippen LogP contribution in [0.5, 0.6) is 5.75 Å². The first-order chi connectivity index (χ1) is 12.8. The maximum absolute atomic E-state index is 13.1. The summed E-state index contributed by atoms with van der Waals surface area (Å²) in [6.07, 6.45) is 1.43. The summed E-state index contributed by atoms with van der Waals surface area (Å²) in [5, 5.41) is 0. The van der Waals surface area contributed by atoms with Crippen LogP contribution in [0, 0.1) is 0 Å². The molecule has 2 N–H and O–H groups in total. The lowest BCUT2D eigenvalue weighted by molar-refractivity contribution is -0.159. The number of nitrogens with one attached hydrogen (secondary N) is 2. The standard InChI is InChI=1S/C20H29N3O4/c1-20(2,3)27-19(25)16-6-5-9-23(16)18(24)13-7-8-15(17(10-13)26-4)14-11-21-22-12-14/h7-8,10,14,16,21-22H,5-6,9,11-12H2,1-4H3/t16-/m1/s1. The van der Waals surface area contributed by atoms with Crippen molar-refractivity contribution < 1.29 is 19.1 Å². The largest absolute Gasteiger partial charge is 0.496 e. The van der Waals surface area contributed by atoms with Crippen LogP contribution in [0.3, 0.4) is 0 Å². The molecule has 2 fully saturated rings. The van der Waals surface area contributed by atoms with Crippen molar-refractivity contribution in [2.45, 2.75) is 51.2 Å². The summed E-state index contributed by atoms with van der Waals surface area (Å²) in [6.45, 7) is 7.70. The Hall–Kier alpha value is -2.12. The molecule has 27 heavy (non-hydrogen) atoms. The molecule has 1 atom stereocenters. The van der Waals surface area contributed by atoms with Gasteiger partial charge in [-0.05, 0) is 51.3 Å². The molecule has 0 saturated carbocycles. The minimum atomic E-state index is -0.567. The molecule has 2 aliphatic rings. The van der Waals surface area contributed by atoms with Crippen molar-refractivity contribution in [2.75, 3.05) is 26.7 Å². The van der Waals surface area contributed by atoms with Gasteiger partial charge in [0.2, 0.25) is 0 Å². The van der Waals surface area contributed by atoms with Crippen molar-refractivity contribution >= 4 is 11.9 Å². The zero-order valence-corrected chi connectivity index (χ0v) is 16.5. The van der Waals surface area contributed by atoms with E-state index in [0.717, 1.165) is 25.1 Å². The number of esters is 1. The summed E-state index contributed by atoms with van der Waals surface area (Å²) in [6, 6.07) is 5.03. The number of benzene rings is 1. The first-order valence-corrected chi connectivity index (χ1v) is 9.47. The quantitative estimate of drug-likeness (QED) is 0.782. The fourth-order valence-corrected chi connectivity index (χ4v) is 3.65. The highest BCUT2D eigenvalue weighted by Gasteiger charge is 2.37. The van der Waals surface area contributed by atoms with E-state index in [4.69, 9.17) is 9.47 Å². The van der Waals surface area contributed by atoms with E-state index < -0.39 is 11.6 Å². The third kappa shape index (κ3) is 4.42. The molecule has 0 unspecified atom stereocenters. The van der Waals surface area contributed by atoms with Gasteiger partial charge in [0.15, 0.2) is 0 Å². The first-order valence-electron chi connectivity index (χ1n) is 9.47. The third-order valence-corrected chi connectivity index (χ3v) is 4.93. The van der Waals surface area contributed by atoms with Gasteiger partial charge in [-0.2, -0.15) is 0 Å². The van der Waals surface area contributed by atoms with Gasteiger partial charge in [-0.1, -0.05) is 6.07 Å². The van der Waals surface area contributed by atoms with E-state index in [1.165, 1.54) is 0 Å². The van der Waals surface area contributed by atoms with Gasteiger partial charge < -0.3 is 14.4 Å². The molecule has 0 spiro atoms. The number of nitrogens with zero attached hydrogens (tertiary/aromatic N) is 1. The lowest BCUT2D eigenvalue weighted by Gasteiger charge is -2.27. The predicted molar refractivity (Wildman–Crippen MR) is 102 cm³/mol. The number of hydrogen-bond donors (Lipinski definition) is 2. The van der Waals surface area contributed by atoms with Gasteiger partial charge in [0, 0.05) is 31.1 Å². The minimum Gasteiger partial charge on any atom is -0.496 e. The lowest BCUT2D eigenvalue weighted by atomic mass is 9.97. The molecule has 1 amide bonds. The lowest BCUT2D eigenvalue weighted by Crippen LogP contribution is -2.43. The molecule has 2 heterocycles. The Morgan fingerprint density at radius 2 is 1.89 bits per heavy atom. The number of carbonyl (C=O) groups excluding carboxylic acids is 2. The Kier molecular flexibility index (Phi) is 5.72. The van der Waals surface area contributed by atoms with Crippen molar-refractivity contribution in [3.05, 3.63) is 29.3 Å². The van der Waals surface area contributed by atoms with Gasteiger partial charge in [0.05, 0.1) is 7.11 Å². The number of likely N-dealkylation sites (tertiary alicyclic amines) is 1. The van der Waals surface area contributed by atoms with Crippen LogP contribution in [-0.4, -0.2) is 55.2 Å². The van der Waals surface area contributed by atoms with Crippen LogP contribution >= 0.6 is 0 Å². The van der Waals surface area contributed by atoms with Gasteiger partial charge in [-0.3, -0.25) is 15.6 Å². The molecule has 1 aromatic carbocycles. The number of ether oxygens (including phenoxy) is 2. The molecule has 0 bridgehead atoms. The topological polar surface area (TPSA) is 79.9 Å². The van der Waals surface area contributed by atoms with E-state index in [1.807, 2.05) is 32.9 Å². The van der Waals surface area contributed by atoms with Crippen LogP contribution in [-0.2, 0) is 9.53 Å². The third-order valence-electron chi connectivity index (χ3n) is 4.93. The molecular formula is C20H29N3O4. The van der Waals surface area contributed by atoms with Crippen molar-refractivity contribution in [1.29, 1.82) is 0 Å². The highest BCUT2D eigenvalue weighted by atomic mass is 16.6. The Labute approximate surface area is 160 Å². The second-order valence-electron chi connectivity index (χ2n) is 8.11. The normalized spacial score (nSPS) is 20.7. The van der Waals surface area contributed by atoms with E-state index >= 15 is 0 Å². The van der Waals surface area contributed by atoms with Crippen LogP contribution in [0.4, 0.5) is 0 Å². The summed E-state index contributed by atoms with van der Waals surface area (Å²) in [7, 11) is 1.61. The number of amides is 1. The van der Waals surface area contributed by atoms with Gasteiger partial charge in [0.25, 0.3) is 5.91 Å². The smallest absolute Gasteiger partial charge is 0.329 e. The average molecular weight is 375 g/mol. The van der Waals surface area contributed by atoms with Crippen LogP contribution in [0.15, 0.2) is 18.2 Å². The fourth-order valence-electron chi connectivity index (χ4n) is 3.65. The van der Waals surface area contributed by atoms with Gasteiger partial charge in [-0.15, -0.1) is 0 Å². The second-order valence-corrected chi connectivity index (χ2v) is 8.11. The number of rotatable bonds is 4. The zero-order chi connectivity index (χ0) is 19.6. The van der Waals surface area contributed by atoms with E-state index in [0.29, 0.717) is 30.2 Å². The van der Waals surface area contributed by atoms with Crippen molar-refractivity contribution in [2.24, 2.45) is 0 Å². The van der Waals surface area contributed by atoms with Gasteiger partial charge in [0.1, 0.15) is 17.4 Å². The maximum atomic E-state index is 13.1. The highest BCUT2D eigenvalue weighted by Crippen LogP contribution is 2.30. The van der Waals surface area contributed by atoms with Crippen molar-refractivity contribution in [1.82, 2.24) is 15.8 Å². The molecule has 2 aliphatic heterocycles. The molecule has 7 heteroatoms. The van der Waals surface area contributed by atoms with E-state index in [2.05, 4.69) is 10.9 Å². The number of hydrazine groups is 1. The first kappa shape index (κ1) is 19.6. The highest BCUT2D eigenvalue weighted by molar-refractivity contribution is 5.97. The molecular weight excluding hydrogens is 346 g/mol. The van der Waals surface area contributed by atoms with Crippen LogP contribution in [0.2, 0.25) is 0 Å². The van der Waals surface area contributed by atoms with Gasteiger partial charge in [-0.25, -0.2) is 4.79 Å². The maximum Gasteiger partial charge on any atom is 0.329 e. The SMILES string of the molecule is COc1cc(C(=O)N2CCC[C@@H]2C(=O)OC(C)(C)C)ccc1C1CNNC1. The number of carbonyl (C=O) groups is 2. The monoisotopic (exact) mass is 375 g/mol. The Morgan fingerprint density at radius 1 is 1.19 bits per heavy atom. The predicted octanol–water partition coefficient (Wildman–Crippen LogP) is 1.83. The molecule has 0 radical (unpaired) electrons. The molecule has 3 rings (SSSR count). The zero-order valence-electron chi connectivity index (χ0n) is 16.5. The number of methoxy groups -OCH3 is 1. The molecule has 2 saturated heterocycles. The minimum absolute atomic E-state index is 0.157. The van der Waals surface area contributed by atoms with Crippen molar-refractivity contribution in [3.63, 3.8) is 0 Å². The van der Waals surface area contributed by atoms with E-state index in [1.54, 1.807) is 18.1 Å². The number of hydrogen-bond acceptors (Lipinski definition) is 6. The van der Waals surface area contributed by atoms with Crippen LogP contribution in [0.25, 0.3) is 0 Å². The van der Waals surface area contributed by atoms with E-state index in [9.17, 15) is 9.59 Å². The summed E-state index contributed by atoms with van der Waals surface area (Å²) < 4.78 is 11.0. The molecule has 0 aromatic heterocycles. The molecule has 0 aliphatic carbocycles. The second kappa shape index (κ2) is 7.86. The van der Waals surface area contributed by atoms with Gasteiger partial charge >= 0.3 is 5.97 Å². The Balaban J connectivity index is 1.79. The van der Waals surface area contributed by atoms with E-state index in [-0.39, 0.29) is 11.9 Å². The van der Waals surface area contributed by atoms with Crippen molar-refractivity contribution in [3.8, 4) is 5.75 Å². The summed E-state index contributed by atoms with van der Waals surface area (Å²) in [5.41, 5.74) is 7.25.